The van der Waals surface area contributed by atoms with Crippen LogP contribution >= 0.6 is 0 Å². The van der Waals surface area contributed by atoms with E-state index in [9.17, 15) is 4.79 Å². The molecule has 0 aliphatic heterocycles. The molecule has 4 rings (SSSR count). The van der Waals surface area contributed by atoms with E-state index in [4.69, 9.17) is 0 Å². The third kappa shape index (κ3) is 2.18. The van der Waals surface area contributed by atoms with Gasteiger partial charge in [-0.1, -0.05) is 74.9 Å². The van der Waals surface area contributed by atoms with Crippen molar-refractivity contribution in [2.75, 3.05) is 0 Å². The van der Waals surface area contributed by atoms with E-state index in [1.807, 2.05) is 0 Å². The zero-order valence-electron chi connectivity index (χ0n) is 14.5. The highest BCUT2D eigenvalue weighted by molar-refractivity contribution is 6.13. The summed E-state index contributed by atoms with van der Waals surface area (Å²) in [6.45, 7) is 4.35. The maximum Gasteiger partial charge on any atom is 0.173 e. The molecule has 1 aromatic rings. The number of rotatable bonds is 3. The fraction of sp³-hybridized carbons (Fsp3) is 0.348. The van der Waals surface area contributed by atoms with Gasteiger partial charge in [-0.05, 0) is 47.5 Å². The summed E-state index contributed by atoms with van der Waals surface area (Å²) < 4.78 is 0. The van der Waals surface area contributed by atoms with Crippen molar-refractivity contribution in [1.82, 2.24) is 0 Å². The summed E-state index contributed by atoms with van der Waals surface area (Å²) in [6.07, 6.45) is 14.7. The Morgan fingerprint density at radius 2 is 1.96 bits per heavy atom. The molecule has 1 heteroatoms. The Hall–Kier alpha value is -2.15. The molecule has 1 nitrogen and oxygen atoms in total. The lowest BCUT2D eigenvalue weighted by molar-refractivity contribution is -0.121. The molecule has 0 saturated heterocycles. The van der Waals surface area contributed by atoms with Crippen LogP contribution in [0.5, 0.6) is 0 Å². The van der Waals surface area contributed by atoms with Crippen LogP contribution in [0.1, 0.15) is 44.2 Å². The highest BCUT2D eigenvalue weighted by Gasteiger charge is 2.48. The minimum Gasteiger partial charge on any atom is -0.293 e. The van der Waals surface area contributed by atoms with Crippen LogP contribution in [0.4, 0.5) is 0 Å². The van der Waals surface area contributed by atoms with E-state index >= 15 is 0 Å². The van der Waals surface area contributed by atoms with Crippen molar-refractivity contribution in [2.24, 2.45) is 11.3 Å². The summed E-state index contributed by atoms with van der Waals surface area (Å²) in [5.41, 5.74) is 5.72. The largest absolute Gasteiger partial charge is 0.293 e. The fourth-order valence-corrected chi connectivity index (χ4v) is 4.53. The van der Waals surface area contributed by atoms with Gasteiger partial charge in [-0.2, -0.15) is 0 Å². The molecule has 0 heterocycles. The second-order valence-electron chi connectivity index (χ2n) is 7.33. The highest BCUT2D eigenvalue weighted by atomic mass is 16.1. The summed E-state index contributed by atoms with van der Waals surface area (Å²) in [5.74, 6) is 0.729. The summed E-state index contributed by atoms with van der Waals surface area (Å²) >= 11 is 0. The van der Waals surface area contributed by atoms with Crippen LogP contribution in [0.15, 0.2) is 65.8 Å². The summed E-state index contributed by atoms with van der Waals surface area (Å²) in [4.78, 5) is 13.5. The van der Waals surface area contributed by atoms with Crippen molar-refractivity contribution in [2.45, 2.75) is 39.5 Å². The quantitative estimate of drug-likeness (QED) is 0.725. The van der Waals surface area contributed by atoms with Crippen LogP contribution < -0.4 is 0 Å². The minimum atomic E-state index is -0.360. The summed E-state index contributed by atoms with van der Waals surface area (Å²) in [6, 6.07) is 8.57. The Labute approximate surface area is 144 Å². The number of carbonyl (C=O) groups is 1. The smallest absolute Gasteiger partial charge is 0.173 e. The number of hydrogen-bond donors (Lipinski definition) is 0. The van der Waals surface area contributed by atoms with Crippen LogP contribution in [-0.2, 0) is 11.2 Å². The van der Waals surface area contributed by atoms with Crippen LogP contribution in [0.3, 0.4) is 0 Å². The number of Topliss-reactive ketones (excluding diaryl/α,β-unsaturated/α-hetero) is 1. The molecular weight excluding hydrogens is 292 g/mol. The van der Waals surface area contributed by atoms with Gasteiger partial charge in [-0.15, -0.1) is 0 Å². The van der Waals surface area contributed by atoms with Gasteiger partial charge in [0.1, 0.15) is 0 Å². The molecule has 2 atom stereocenters. The van der Waals surface area contributed by atoms with Gasteiger partial charge in [0, 0.05) is 5.57 Å². The molecule has 0 bridgehead atoms. The molecule has 3 aliphatic carbocycles. The molecule has 0 saturated carbocycles. The number of fused-ring (bicyclic) bond motifs is 1. The zero-order valence-corrected chi connectivity index (χ0v) is 14.5. The molecule has 0 fully saturated rings. The van der Waals surface area contributed by atoms with Crippen molar-refractivity contribution >= 4 is 11.4 Å². The normalized spacial score (nSPS) is 28.0. The van der Waals surface area contributed by atoms with Gasteiger partial charge in [0.15, 0.2) is 5.78 Å². The number of hydrogen-bond acceptors (Lipinski definition) is 1. The average Bonchev–Trinajstić information content (AvgIpc) is 3.06. The molecule has 2 unspecified atom stereocenters. The van der Waals surface area contributed by atoms with Crippen molar-refractivity contribution in [3.63, 3.8) is 0 Å². The standard InChI is InChI=1S/C23H24O/c1-3-14-23(21-13-11-17-6-4-5-7-19(17)21)15-18-10-8-16(2)9-12-20(18)22(23)24/h4-10,12-13,16H,3,11,14-15H2,1-2H3. The van der Waals surface area contributed by atoms with E-state index < -0.39 is 0 Å². The van der Waals surface area contributed by atoms with Crippen LogP contribution in [0, 0.1) is 11.3 Å². The highest BCUT2D eigenvalue weighted by Crippen LogP contribution is 2.54. The molecule has 122 valence electrons. The van der Waals surface area contributed by atoms with E-state index in [-0.39, 0.29) is 5.41 Å². The number of allylic oxidation sites excluding steroid dienone is 8. The molecule has 1 aromatic carbocycles. The first-order chi connectivity index (χ1) is 11.7. The fourth-order valence-electron chi connectivity index (χ4n) is 4.53. The van der Waals surface area contributed by atoms with Crippen molar-refractivity contribution < 1.29 is 4.79 Å². The lowest BCUT2D eigenvalue weighted by Gasteiger charge is -2.30. The molecule has 24 heavy (non-hydrogen) atoms. The van der Waals surface area contributed by atoms with E-state index in [0.717, 1.165) is 31.3 Å². The zero-order chi connectivity index (χ0) is 16.7. The van der Waals surface area contributed by atoms with Gasteiger partial charge in [0.25, 0.3) is 0 Å². The predicted molar refractivity (Wildman–Crippen MR) is 99.6 cm³/mol. The maximum absolute atomic E-state index is 13.5. The molecule has 0 spiro atoms. The Morgan fingerprint density at radius 1 is 1.17 bits per heavy atom. The third-order valence-electron chi connectivity index (χ3n) is 5.71. The second kappa shape index (κ2) is 5.73. The average molecular weight is 316 g/mol. The first-order valence-corrected chi connectivity index (χ1v) is 9.09. The van der Waals surface area contributed by atoms with Crippen LogP contribution in [0.25, 0.3) is 5.57 Å². The van der Waals surface area contributed by atoms with Crippen molar-refractivity contribution in [3.05, 3.63) is 76.9 Å². The Balaban J connectivity index is 1.80. The summed E-state index contributed by atoms with van der Waals surface area (Å²) in [7, 11) is 0. The van der Waals surface area contributed by atoms with Crippen LogP contribution in [0.2, 0.25) is 0 Å². The minimum absolute atomic E-state index is 0.331. The molecule has 0 radical (unpaired) electrons. The predicted octanol–water partition coefficient (Wildman–Crippen LogP) is 5.44. The van der Waals surface area contributed by atoms with Crippen LogP contribution in [-0.4, -0.2) is 5.78 Å². The Bertz CT molecular complexity index is 818. The van der Waals surface area contributed by atoms with Gasteiger partial charge in [0.2, 0.25) is 0 Å². The van der Waals surface area contributed by atoms with E-state index in [0.29, 0.717) is 11.7 Å². The summed E-state index contributed by atoms with van der Waals surface area (Å²) in [5, 5.41) is 0. The molecule has 0 aromatic heterocycles. The van der Waals surface area contributed by atoms with Crippen molar-refractivity contribution in [3.8, 4) is 0 Å². The lowest BCUT2D eigenvalue weighted by atomic mass is 9.70. The Morgan fingerprint density at radius 3 is 2.79 bits per heavy atom. The molecule has 0 N–H and O–H groups in total. The van der Waals surface area contributed by atoms with E-state index in [2.05, 4.69) is 68.5 Å². The van der Waals surface area contributed by atoms with Gasteiger partial charge < -0.3 is 0 Å². The third-order valence-corrected chi connectivity index (χ3v) is 5.71. The first kappa shape index (κ1) is 15.4. The topological polar surface area (TPSA) is 17.1 Å². The second-order valence-corrected chi connectivity index (χ2v) is 7.33. The molecule has 0 amide bonds. The Kier molecular flexibility index (Phi) is 3.68. The van der Waals surface area contributed by atoms with Gasteiger partial charge in [-0.25, -0.2) is 0 Å². The van der Waals surface area contributed by atoms with Gasteiger partial charge in [-0.3, -0.25) is 4.79 Å². The number of carbonyl (C=O) groups excluding carboxylic acids is 1. The molecule has 3 aliphatic rings. The van der Waals surface area contributed by atoms with Crippen molar-refractivity contribution in [1.29, 1.82) is 0 Å². The first-order valence-electron chi connectivity index (χ1n) is 9.09. The van der Waals surface area contributed by atoms with E-state index in [1.165, 1.54) is 22.3 Å². The monoisotopic (exact) mass is 316 g/mol. The molecular formula is C23H24O. The van der Waals surface area contributed by atoms with Gasteiger partial charge in [0.05, 0.1) is 5.41 Å². The van der Waals surface area contributed by atoms with Gasteiger partial charge >= 0.3 is 0 Å². The lowest BCUT2D eigenvalue weighted by Crippen LogP contribution is -2.29. The maximum atomic E-state index is 13.5. The van der Waals surface area contributed by atoms with E-state index in [1.54, 1.807) is 0 Å². The number of benzene rings is 1. The SMILES string of the molecule is CCCC1(C2=CCc3ccccc32)CC2=C(C=CC(C)C=C2)C1=O. The number of ketones is 1.